The maximum Gasteiger partial charge on any atom is 0.265 e. The summed E-state index contributed by atoms with van der Waals surface area (Å²) in [6.07, 6.45) is 1.11. The molecule has 3 N–H and O–H groups in total. The Balaban J connectivity index is 2.14. The van der Waals surface area contributed by atoms with Gasteiger partial charge in [0.15, 0.2) is 14.6 Å². The van der Waals surface area contributed by atoms with Gasteiger partial charge >= 0.3 is 0 Å². The van der Waals surface area contributed by atoms with Crippen LogP contribution in [0.15, 0.2) is 29.2 Å². The number of hydrogen-bond acceptors (Lipinski definition) is 7. The first-order chi connectivity index (χ1) is 13.2. The number of ether oxygens (including phenoxy) is 2. The van der Waals surface area contributed by atoms with Crippen LogP contribution in [0.4, 0.5) is 0 Å². The third kappa shape index (κ3) is 4.62. The van der Waals surface area contributed by atoms with Gasteiger partial charge in [-0.3, -0.25) is 14.8 Å². The number of carbonyl (C=O) groups excluding carboxylic acids is 2. The minimum atomic E-state index is -4.06. The summed E-state index contributed by atoms with van der Waals surface area (Å²) < 4.78 is 35.3. The molecule has 2 amide bonds. The zero-order valence-electron chi connectivity index (χ0n) is 15.9. The average molecular weight is 414 g/mol. The summed E-state index contributed by atoms with van der Waals surface area (Å²) in [5, 5.41) is 11.7. The van der Waals surface area contributed by atoms with Gasteiger partial charge in [-0.1, -0.05) is 0 Å². The molecule has 1 aromatic carbocycles. The van der Waals surface area contributed by atoms with E-state index in [2.05, 4.69) is 5.32 Å². The normalized spacial score (nSPS) is 16.8. The smallest absolute Gasteiger partial charge is 0.265 e. The van der Waals surface area contributed by atoms with Crippen molar-refractivity contribution >= 4 is 22.2 Å². The van der Waals surface area contributed by atoms with E-state index in [1.807, 2.05) is 13.8 Å². The van der Waals surface area contributed by atoms with Crippen LogP contribution in [-0.4, -0.2) is 56.0 Å². The molecular weight excluding hydrogens is 388 g/mol. The highest BCUT2D eigenvalue weighted by atomic mass is 32.2. The Labute approximate surface area is 164 Å². The Kier molecular flexibility index (Phi) is 7.02. The Morgan fingerprint density at radius 2 is 1.89 bits per heavy atom. The summed E-state index contributed by atoms with van der Waals surface area (Å²) in [6, 6.07) is 5.77. The van der Waals surface area contributed by atoms with Crippen LogP contribution in [-0.2, 0) is 24.2 Å². The number of hydrogen-bond donors (Lipinski definition) is 3. The average Bonchev–Trinajstić information content (AvgIpc) is 2.68. The van der Waals surface area contributed by atoms with Crippen molar-refractivity contribution < 1.29 is 32.7 Å². The summed E-state index contributed by atoms with van der Waals surface area (Å²) in [6.45, 7) is 4.27. The molecule has 0 atom stereocenters. The van der Waals surface area contributed by atoms with Gasteiger partial charge in [0.25, 0.3) is 5.91 Å². The molecule has 28 heavy (non-hydrogen) atoms. The topological polar surface area (TPSA) is 131 Å². The lowest BCUT2D eigenvalue weighted by atomic mass is 9.98. The van der Waals surface area contributed by atoms with Crippen molar-refractivity contribution in [1.29, 1.82) is 0 Å². The zero-order valence-corrected chi connectivity index (χ0v) is 16.8. The van der Waals surface area contributed by atoms with Crippen LogP contribution in [0.3, 0.4) is 0 Å². The molecule has 2 rings (SSSR count). The van der Waals surface area contributed by atoms with E-state index in [9.17, 15) is 18.0 Å². The van der Waals surface area contributed by atoms with Crippen LogP contribution < -0.4 is 15.5 Å². The first kappa shape index (κ1) is 22.1. The lowest BCUT2D eigenvalue weighted by molar-refractivity contribution is -0.134. The number of sulfone groups is 1. The fraction of sp³-hybridized carbons (Fsp3) is 0.556. The standard InChI is InChI=1S/C18H26N2O7S/c1-17(2,19-13-21)7-12-27-14-3-5-15(6-4-14)28(24,25)18(16(22)20-23)8-10-26-11-9-18/h3-6,13,23H,7-12H2,1-2H3,(H,19,21)(H,20,22). The fourth-order valence-electron chi connectivity index (χ4n) is 3.02. The second-order valence-electron chi connectivity index (χ2n) is 7.27. The number of nitrogens with one attached hydrogen (secondary N) is 2. The minimum Gasteiger partial charge on any atom is -0.494 e. The van der Waals surface area contributed by atoms with Crippen LogP contribution in [0.25, 0.3) is 0 Å². The monoisotopic (exact) mass is 414 g/mol. The largest absolute Gasteiger partial charge is 0.494 e. The van der Waals surface area contributed by atoms with E-state index in [-0.39, 0.29) is 31.0 Å². The molecule has 0 unspecified atom stereocenters. The third-order valence-corrected chi connectivity index (χ3v) is 7.42. The van der Waals surface area contributed by atoms with E-state index in [0.717, 1.165) is 0 Å². The van der Waals surface area contributed by atoms with Crippen molar-refractivity contribution in [2.75, 3.05) is 19.8 Å². The minimum absolute atomic E-state index is 0.0340. The van der Waals surface area contributed by atoms with Gasteiger partial charge in [-0.25, -0.2) is 13.9 Å². The number of amides is 2. The Bertz CT molecular complexity index is 785. The molecule has 0 aromatic heterocycles. The molecule has 1 aliphatic rings. The van der Waals surface area contributed by atoms with Crippen molar-refractivity contribution in [3.05, 3.63) is 24.3 Å². The molecule has 1 fully saturated rings. The van der Waals surface area contributed by atoms with Gasteiger partial charge in [-0.2, -0.15) is 0 Å². The van der Waals surface area contributed by atoms with Gasteiger partial charge in [0.2, 0.25) is 6.41 Å². The van der Waals surface area contributed by atoms with E-state index < -0.39 is 26.0 Å². The van der Waals surface area contributed by atoms with Gasteiger partial charge in [-0.05, 0) is 51.0 Å². The van der Waals surface area contributed by atoms with Gasteiger partial charge in [0.05, 0.1) is 11.5 Å². The lowest BCUT2D eigenvalue weighted by Crippen LogP contribution is -2.54. The summed E-state index contributed by atoms with van der Waals surface area (Å²) in [4.78, 5) is 22.7. The Hall–Kier alpha value is -2.17. The van der Waals surface area contributed by atoms with Crippen LogP contribution in [0, 0.1) is 0 Å². The highest BCUT2D eigenvalue weighted by Crippen LogP contribution is 2.35. The summed E-state index contributed by atoms with van der Waals surface area (Å²) in [5.41, 5.74) is 1.07. The van der Waals surface area contributed by atoms with Crippen molar-refractivity contribution in [2.24, 2.45) is 0 Å². The van der Waals surface area contributed by atoms with E-state index in [4.69, 9.17) is 14.7 Å². The fourth-order valence-corrected chi connectivity index (χ4v) is 4.96. The molecule has 0 spiro atoms. The lowest BCUT2D eigenvalue weighted by Gasteiger charge is -2.34. The number of rotatable bonds is 9. The molecule has 1 aliphatic heterocycles. The molecule has 0 bridgehead atoms. The predicted octanol–water partition coefficient (Wildman–Crippen LogP) is 0.808. The Morgan fingerprint density at radius 3 is 2.43 bits per heavy atom. The third-order valence-electron chi connectivity index (χ3n) is 4.91. The molecule has 10 heteroatoms. The van der Waals surface area contributed by atoms with Crippen LogP contribution in [0.5, 0.6) is 5.75 Å². The van der Waals surface area contributed by atoms with Crippen LogP contribution in [0.2, 0.25) is 0 Å². The maximum absolute atomic E-state index is 13.1. The van der Waals surface area contributed by atoms with Crippen molar-refractivity contribution in [2.45, 2.75) is 48.3 Å². The highest BCUT2D eigenvalue weighted by Gasteiger charge is 2.52. The van der Waals surface area contributed by atoms with Crippen molar-refractivity contribution in [3.63, 3.8) is 0 Å². The quantitative estimate of drug-likeness (QED) is 0.309. The molecule has 1 saturated heterocycles. The van der Waals surface area contributed by atoms with Crippen LogP contribution in [0.1, 0.15) is 33.1 Å². The molecule has 9 nitrogen and oxygen atoms in total. The Morgan fingerprint density at radius 1 is 1.29 bits per heavy atom. The van der Waals surface area contributed by atoms with Gasteiger partial charge < -0.3 is 14.8 Å². The molecule has 0 saturated carbocycles. The summed E-state index contributed by atoms with van der Waals surface area (Å²) in [5.74, 6) is -0.491. The van der Waals surface area contributed by atoms with Crippen molar-refractivity contribution in [3.8, 4) is 5.75 Å². The molecular formula is C18H26N2O7S. The summed E-state index contributed by atoms with van der Waals surface area (Å²) >= 11 is 0. The molecule has 1 heterocycles. The number of benzene rings is 1. The number of hydroxylamine groups is 1. The van der Waals surface area contributed by atoms with E-state index >= 15 is 0 Å². The molecule has 0 aliphatic carbocycles. The molecule has 1 aromatic rings. The maximum atomic E-state index is 13.1. The van der Waals surface area contributed by atoms with Gasteiger partial charge in [-0.15, -0.1) is 0 Å². The first-order valence-corrected chi connectivity index (χ1v) is 10.4. The summed E-state index contributed by atoms with van der Waals surface area (Å²) in [7, 11) is -4.06. The highest BCUT2D eigenvalue weighted by molar-refractivity contribution is 7.93. The first-order valence-electron chi connectivity index (χ1n) is 8.90. The van der Waals surface area contributed by atoms with E-state index in [1.165, 1.54) is 29.7 Å². The van der Waals surface area contributed by atoms with Gasteiger partial charge in [0, 0.05) is 25.2 Å². The van der Waals surface area contributed by atoms with Gasteiger partial charge in [0.1, 0.15) is 5.75 Å². The zero-order chi connectivity index (χ0) is 20.8. The number of carbonyl (C=O) groups is 2. The van der Waals surface area contributed by atoms with E-state index in [1.54, 1.807) is 0 Å². The van der Waals surface area contributed by atoms with Crippen LogP contribution >= 0.6 is 0 Å². The predicted molar refractivity (Wildman–Crippen MR) is 99.7 cm³/mol. The van der Waals surface area contributed by atoms with E-state index in [0.29, 0.717) is 25.2 Å². The second-order valence-corrected chi connectivity index (χ2v) is 9.53. The second kappa shape index (κ2) is 8.89. The molecule has 0 radical (unpaired) electrons. The molecule has 156 valence electrons. The van der Waals surface area contributed by atoms with Crippen molar-refractivity contribution in [1.82, 2.24) is 10.8 Å². The SMILES string of the molecule is CC(C)(CCOc1ccc(S(=O)(=O)C2(C(=O)NO)CCOCC2)cc1)NC=O.